The molecule has 0 saturated heterocycles. The van der Waals surface area contributed by atoms with Crippen molar-refractivity contribution >= 4 is 13.6 Å². The summed E-state index contributed by atoms with van der Waals surface area (Å²) in [5.74, 6) is 0. The lowest BCUT2D eigenvalue weighted by Crippen LogP contribution is -2.10. The maximum atomic E-state index is 11.3. The minimum absolute atomic E-state index is 0.217. The van der Waals surface area contributed by atoms with Crippen LogP contribution >= 0.6 is 8.03 Å². The molecule has 0 aromatic rings. The van der Waals surface area contributed by atoms with Crippen molar-refractivity contribution in [2.24, 2.45) is 0 Å². The zero-order chi connectivity index (χ0) is 12.4. The Kier molecular flexibility index (Phi) is 9.69. The molecule has 0 radical (unpaired) electrons. The molecule has 0 spiro atoms. The standard InChI is InChI=1S/C11H22O4P/c1-3-4-5-6-7-8-11(13)16(14)15-10(2)9-12/h10,12H,3-9H2,1-2H3/q+1. The SMILES string of the molecule is CCCCCCCC(=O)[P+](=O)OC(C)CO. The molecule has 0 aromatic heterocycles. The fourth-order valence-corrected chi connectivity index (χ4v) is 2.08. The third-order valence-electron chi connectivity index (χ3n) is 2.23. The van der Waals surface area contributed by atoms with Gasteiger partial charge in [-0.1, -0.05) is 32.6 Å². The molecule has 0 amide bonds. The van der Waals surface area contributed by atoms with Crippen LogP contribution < -0.4 is 0 Å². The van der Waals surface area contributed by atoms with E-state index < -0.39 is 14.1 Å². The van der Waals surface area contributed by atoms with Crippen molar-refractivity contribution in [2.75, 3.05) is 6.61 Å². The van der Waals surface area contributed by atoms with Crippen molar-refractivity contribution in [3.05, 3.63) is 0 Å². The topological polar surface area (TPSA) is 63.6 Å². The van der Waals surface area contributed by atoms with Gasteiger partial charge >= 0.3 is 13.6 Å². The molecule has 0 bridgehead atoms. The van der Waals surface area contributed by atoms with Crippen molar-refractivity contribution in [1.29, 1.82) is 0 Å². The van der Waals surface area contributed by atoms with Crippen molar-refractivity contribution in [3.63, 3.8) is 0 Å². The highest BCUT2D eigenvalue weighted by Crippen LogP contribution is 2.28. The molecule has 2 atom stereocenters. The van der Waals surface area contributed by atoms with Gasteiger partial charge < -0.3 is 5.11 Å². The molecule has 0 rings (SSSR count). The Morgan fingerprint density at radius 1 is 1.31 bits per heavy atom. The van der Waals surface area contributed by atoms with E-state index in [-0.39, 0.29) is 12.1 Å². The molecule has 0 aliphatic rings. The predicted molar refractivity (Wildman–Crippen MR) is 63.6 cm³/mol. The Balaban J connectivity index is 3.59. The summed E-state index contributed by atoms with van der Waals surface area (Å²) in [7, 11) is -2.26. The van der Waals surface area contributed by atoms with Crippen LogP contribution in [0, 0.1) is 0 Å². The summed E-state index contributed by atoms with van der Waals surface area (Å²) in [6.07, 6.45) is 5.02. The van der Waals surface area contributed by atoms with Gasteiger partial charge in [-0.15, -0.1) is 4.52 Å². The average Bonchev–Trinajstić information content (AvgIpc) is 2.28. The van der Waals surface area contributed by atoms with E-state index in [0.29, 0.717) is 6.42 Å². The Morgan fingerprint density at radius 2 is 1.94 bits per heavy atom. The van der Waals surface area contributed by atoms with Crippen molar-refractivity contribution in [2.45, 2.75) is 58.5 Å². The Labute approximate surface area is 98.2 Å². The van der Waals surface area contributed by atoms with E-state index in [1.165, 1.54) is 12.8 Å². The van der Waals surface area contributed by atoms with Gasteiger partial charge in [0.05, 0.1) is 13.0 Å². The van der Waals surface area contributed by atoms with E-state index in [0.717, 1.165) is 19.3 Å². The third kappa shape index (κ3) is 7.91. The molecule has 0 saturated carbocycles. The largest absolute Gasteiger partial charge is 0.587 e. The van der Waals surface area contributed by atoms with E-state index in [1.807, 2.05) is 0 Å². The van der Waals surface area contributed by atoms with E-state index in [2.05, 4.69) is 6.92 Å². The summed E-state index contributed by atoms with van der Waals surface area (Å²) in [6, 6.07) is 0. The van der Waals surface area contributed by atoms with Crippen LogP contribution in [0.3, 0.4) is 0 Å². The van der Waals surface area contributed by atoms with Crippen LogP contribution in [0.2, 0.25) is 0 Å². The first-order valence-corrected chi connectivity index (χ1v) is 7.07. The zero-order valence-corrected chi connectivity index (χ0v) is 11.0. The van der Waals surface area contributed by atoms with Crippen LogP contribution in [-0.2, 0) is 13.9 Å². The van der Waals surface area contributed by atoms with Gasteiger partial charge in [0.25, 0.3) is 0 Å². The molecular formula is C11H22O4P+. The van der Waals surface area contributed by atoms with Gasteiger partial charge in [-0.3, -0.25) is 0 Å². The zero-order valence-electron chi connectivity index (χ0n) is 10.1. The molecule has 1 N–H and O–H groups in total. The summed E-state index contributed by atoms with van der Waals surface area (Å²) in [5.41, 5.74) is -0.341. The molecular weight excluding hydrogens is 227 g/mol. The highest BCUT2D eigenvalue weighted by molar-refractivity contribution is 7.59. The highest BCUT2D eigenvalue weighted by Gasteiger charge is 2.32. The quantitative estimate of drug-likeness (QED) is 0.477. The first-order valence-electron chi connectivity index (χ1n) is 5.89. The van der Waals surface area contributed by atoms with Gasteiger partial charge in [0, 0.05) is 0 Å². The van der Waals surface area contributed by atoms with Gasteiger partial charge in [0.15, 0.2) is 0 Å². The summed E-state index contributed by atoms with van der Waals surface area (Å²) >= 11 is 0. The number of aliphatic hydroxyl groups excluding tert-OH is 1. The first-order chi connectivity index (χ1) is 7.61. The number of aliphatic hydroxyl groups is 1. The second kappa shape index (κ2) is 9.88. The van der Waals surface area contributed by atoms with Gasteiger partial charge in [-0.05, 0) is 17.9 Å². The summed E-state index contributed by atoms with van der Waals surface area (Å²) in [6.45, 7) is 3.50. The molecule has 0 fully saturated rings. The minimum atomic E-state index is -2.26. The molecule has 16 heavy (non-hydrogen) atoms. The number of carbonyl (C=O) groups is 1. The van der Waals surface area contributed by atoms with E-state index >= 15 is 0 Å². The van der Waals surface area contributed by atoms with Crippen molar-refractivity contribution in [1.82, 2.24) is 0 Å². The Bertz CT molecular complexity index is 218. The van der Waals surface area contributed by atoms with Crippen molar-refractivity contribution < 1.29 is 19.0 Å². The van der Waals surface area contributed by atoms with Crippen LogP contribution in [0.4, 0.5) is 0 Å². The van der Waals surface area contributed by atoms with Crippen LogP contribution in [0.15, 0.2) is 0 Å². The summed E-state index contributed by atoms with van der Waals surface area (Å²) in [5, 5.41) is 8.67. The minimum Gasteiger partial charge on any atom is -0.393 e. The molecule has 0 heterocycles. The van der Waals surface area contributed by atoms with Gasteiger partial charge in [0.1, 0.15) is 6.10 Å². The van der Waals surface area contributed by atoms with E-state index in [4.69, 9.17) is 9.63 Å². The van der Waals surface area contributed by atoms with E-state index in [1.54, 1.807) is 6.92 Å². The van der Waals surface area contributed by atoms with Crippen LogP contribution in [0.25, 0.3) is 0 Å². The molecule has 2 unspecified atom stereocenters. The number of hydrogen-bond donors (Lipinski definition) is 1. The maximum absolute atomic E-state index is 11.3. The van der Waals surface area contributed by atoms with E-state index in [9.17, 15) is 9.36 Å². The predicted octanol–water partition coefficient (Wildman–Crippen LogP) is 3.01. The Morgan fingerprint density at radius 3 is 2.50 bits per heavy atom. The fraction of sp³-hybridized carbons (Fsp3) is 0.909. The highest BCUT2D eigenvalue weighted by atomic mass is 31.1. The lowest BCUT2D eigenvalue weighted by atomic mass is 10.1. The summed E-state index contributed by atoms with van der Waals surface area (Å²) in [4.78, 5) is 11.3. The second-order valence-electron chi connectivity index (χ2n) is 3.91. The van der Waals surface area contributed by atoms with Crippen LogP contribution in [0.5, 0.6) is 0 Å². The van der Waals surface area contributed by atoms with Crippen LogP contribution in [0.1, 0.15) is 52.4 Å². The molecule has 4 nitrogen and oxygen atoms in total. The monoisotopic (exact) mass is 249 g/mol. The van der Waals surface area contributed by atoms with Gasteiger partial charge in [-0.2, -0.15) is 0 Å². The molecule has 0 aliphatic carbocycles. The third-order valence-corrected chi connectivity index (χ3v) is 3.41. The van der Waals surface area contributed by atoms with Gasteiger partial charge in [-0.25, -0.2) is 4.79 Å². The number of unbranched alkanes of at least 4 members (excludes halogenated alkanes) is 4. The number of hydrogen-bond acceptors (Lipinski definition) is 4. The summed E-state index contributed by atoms with van der Waals surface area (Å²) < 4.78 is 16.1. The number of carbonyl (C=O) groups excluding carboxylic acids is 1. The first kappa shape index (κ1) is 15.7. The second-order valence-corrected chi connectivity index (χ2v) is 5.14. The normalized spacial score (nSPS) is 13.6. The molecule has 94 valence electrons. The van der Waals surface area contributed by atoms with Crippen molar-refractivity contribution in [3.8, 4) is 0 Å². The molecule has 0 aliphatic heterocycles. The molecule has 0 aromatic carbocycles. The lowest BCUT2D eigenvalue weighted by molar-refractivity contribution is -0.112. The van der Waals surface area contributed by atoms with Crippen LogP contribution in [-0.4, -0.2) is 23.3 Å². The molecule has 5 heteroatoms. The fourth-order valence-electron chi connectivity index (χ4n) is 1.23. The maximum Gasteiger partial charge on any atom is 0.587 e. The number of rotatable bonds is 10. The van der Waals surface area contributed by atoms with Gasteiger partial charge in [0.2, 0.25) is 0 Å². The smallest absolute Gasteiger partial charge is 0.393 e. The lowest BCUT2D eigenvalue weighted by Gasteiger charge is -1.98. The Hall–Kier alpha value is -0.310. The average molecular weight is 249 g/mol.